The van der Waals surface area contributed by atoms with E-state index in [0.29, 0.717) is 6.04 Å². The summed E-state index contributed by atoms with van der Waals surface area (Å²) in [6.45, 7) is 6.90. The second kappa shape index (κ2) is 17.3. The summed E-state index contributed by atoms with van der Waals surface area (Å²) in [7, 11) is 0. The minimum absolute atomic E-state index is 0.454. The first-order chi connectivity index (χ1) is 10.7. The zero-order valence-corrected chi connectivity index (χ0v) is 16.0. The molecule has 0 heterocycles. The fourth-order valence-corrected chi connectivity index (χ4v) is 3.42. The number of hydrogen-bond donors (Lipinski definition) is 1. The molecule has 0 aromatic rings. The van der Waals surface area contributed by atoms with Crippen molar-refractivity contribution in [1.82, 2.24) is 0 Å². The normalized spacial score (nSPS) is 14.2. The van der Waals surface area contributed by atoms with E-state index in [1.54, 1.807) is 0 Å². The van der Waals surface area contributed by atoms with Crippen LogP contribution in [0.2, 0.25) is 0 Å². The molecule has 0 saturated heterocycles. The number of nitrogens with two attached hydrogens (primary N) is 1. The molecule has 0 amide bonds. The van der Waals surface area contributed by atoms with Gasteiger partial charge in [0.2, 0.25) is 0 Å². The Balaban J connectivity index is 3.35. The Labute approximate surface area is 141 Å². The van der Waals surface area contributed by atoms with Crippen LogP contribution in [-0.4, -0.2) is 6.04 Å². The van der Waals surface area contributed by atoms with Crippen molar-refractivity contribution in [3.8, 4) is 0 Å². The maximum atomic E-state index is 6.33. The van der Waals surface area contributed by atoms with Gasteiger partial charge in [-0.25, -0.2) is 0 Å². The molecule has 0 fully saturated rings. The van der Waals surface area contributed by atoms with Gasteiger partial charge in [-0.05, 0) is 18.8 Å². The number of hydrogen-bond acceptors (Lipinski definition) is 1. The van der Waals surface area contributed by atoms with Gasteiger partial charge >= 0.3 is 0 Å². The number of unbranched alkanes of at least 4 members (excludes halogenated alkanes) is 10. The lowest BCUT2D eigenvalue weighted by atomic mass is 9.90. The molecule has 2 N–H and O–H groups in total. The monoisotopic (exact) mass is 311 g/mol. The predicted molar refractivity (Wildman–Crippen MR) is 102 cm³/mol. The van der Waals surface area contributed by atoms with E-state index in [2.05, 4.69) is 20.8 Å². The molecule has 1 nitrogen and oxygen atoms in total. The molecule has 2 atom stereocenters. The first-order valence-electron chi connectivity index (χ1n) is 10.5. The molecule has 0 spiro atoms. The van der Waals surface area contributed by atoms with Crippen LogP contribution in [0.25, 0.3) is 0 Å². The van der Waals surface area contributed by atoms with Crippen molar-refractivity contribution in [2.24, 2.45) is 11.7 Å². The lowest BCUT2D eigenvalue weighted by molar-refractivity contribution is 0.368. The molecule has 22 heavy (non-hydrogen) atoms. The average Bonchev–Trinajstić information content (AvgIpc) is 2.53. The smallest absolute Gasteiger partial charge is 0.00414 e. The van der Waals surface area contributed by atoms with Gasteiger partial charge in [0, 0.05) is 6.04 Å². The van der Waals surface area contributed by atoms with E-state index in [9.17, 15) is 0 Å². The van der Waals surface area contributed by atoms with Gasteiger partial charge in [-0.3, -0.25) is 0 Å². The highest BCUT2D eigenvalue weighted by Crippen LogP contribution is 2.20. The highest BCUT2D eigenvalue weighted by molar-refractivity contribution is 4.68. The largest absolute Gasteiger partial charge is 0.328 e. The van der Waals surface area contributed by atoms with Gasteiger partial charge in [0.25, 0.3) is 0 Å². The standard InChI is InChI=1S/C21H45N/c1-4-7-9-10-11-12-13-14-15-16-18-21(22)19-20(6-3)17-8-5-2/h20-21H,4-19,22H2,1-3H3. The van der Waals surface area contributed by atoms with E-state index in [1.807, 2.05) is 0 Å². The summed E-state index contributed by atoms with van der Waals surface area (Å²) in [4.78, 5) is 0. The molecule has 2 unspecified atom stereocenters. The van der Waals surface area contributed by atoms with Gasteiger partial charge in [-0.1, -0.05) is 111 Å². The fraction of sp³-hybridized carbons (Fsp3) is 1.00. The molecule has 1 heteroatoms. The van der Waals surface area contributed by atoms with E-state index in [0.717, 1.165) is 5.92 Å². The average molecular weight is 312 g/mol. The summed E-state index contributed by atoms with van der Waals surface area (Å²) in [5, 5.41) is 0. The molecular formula is C21H45N. The first-order valence-corrected chi connectivity index (χ1v) is 10.5. The van der Waals surface area contributed by atoms with E-state index in [1.165, 1.54) is 103 Å². The third kappa shape index (κ3) is 14.9. The Hall–Kier alpha value is -0.0400. The van der Waals surface area contributed by atoms with Crippen LogP contribution in [0.4, 0.5) is 0 Å². The van der Waals surface area contributed by atoms with E-state index in [4.69, 9.17) is 5.73 Å². The van der Waals surface area contributed by atoms with Gasteiger partial charge in [-0.2, -0.15) is 0 Å². The summed E-state index contributed by atoms with van der Waals surface area (Å²) < 4.78 is 0. The third-order valence-electron chi connectivity index (χ3n) is 5.11. The summed E-state index contributed by atoms with van der Waals surface area (Å²) in [6.07, 6.45) is 22.1. The first kappa shape index (κ1) is 22.0. The van der Waals surface area contributed by atoms with Gasteiger partial charge in [0.05, 0.1) is 0 Å². The van der Waals surface area contributed by atoms with Crippen LogP contribution >= 0.6 is 0 Å². The second-order valence-corrected chi connectivity index (χ2v) is 7.38. The highest BCUT2D eigenvalue weighted by atomic mass is 14.6. The molecular weight excluding hydrogens is 266 g/mol. The maximum absolute atomic E-state index is 6.33. The summed E-state index contributed by atoms with van der Waals surface area (Å²) in [5.41, 5.74) is 6.33. The van der Waals surface area contributed by atoms with Crippen LogP contribution in [-0.2, 0) is 0 Å². The summed E-state index contributed by atoms with van der Waals surface area (Å²) in [5.74, 6) is 0.873. The maximum Gasteiger partial charge on any atom is 0.00414 e. The molecule has 0 saturated carbocycles. The third-order valence-corrected chi connectivity index (χ3v) is 5.11. The Morgan fingerprint density at radius 3 is 1.59 bits per heavy atom. The van der Waals surface area contributed by atoms with Crippen LogP contribution in [0.3, 0.4) is 0 Å². The van der Waals surface area contributed by atoms with Crippen LogP contribution in [0.5, 0.6) is 0 Å². The zero-order valence-electron chi connectivity index (χ0n) is 16.0. The van der Waals surface area contributed by atoms with Crippen molar-refractivity contribution >= 4 is 0 Å². The fourth-order valence-electron chi connectivity index (χ4n) is 3.42. The van der Waals surface area contributed by atoms with Crippen molar-refractivity contribution in [3.63, 3.8) is 0 Å². The number of rotatable bonds is 17. The summed E-state index contributed by atoms with van der Waals surface area (Å²) in [6, 6.07) is 0.454. The Kier molecular flexibility index (Phi) is 17.3. The SMILES string of the molecule is CCCCCCCCCCCCC(N)CC(CC)CCCC. The molecule has 0 aromatic carbocycles. The van der Waals surface area contributed by atoms with Gasteiger partial charge < -0.3 is 5.73 Å². The molecule has 0 aliphatic rings. The minimum atomic E-state index is 0.454. The highest BCUT2D eigenvalue weighted by Gasteiger charge is 2.11. The zero-order chi connectivity index (χ0) is 16.5. The van der Waals surface area contributed by atoms with Gasteiger partial charge in [0.15, 0.2) is 0 Å². The van der Waals surface area contributed by atoms with Crippen LogP contribution in [0.15, 0.2) is 0 Å². The van der Waals surface area contributed by atoms with E-state index in [-0.39, 0.29) is 0 Å². The van der Waals surface area contributed by atoms with E-state index < -0.39 is 0 Å². The van der Waals surface area contributed by atoms with Crippen molar-refractivity contribution in [2.75, 3.05) is 0 Å². The molecule has 0 aromatic heterocycles. The Bertz CT molecular complexity index is 202. The van der Waals surface area contributed by atoms with Gasteiger partial charge in [0.1, 0.15) is 0 Å². The molecule has 134 valence electrons. The van der Waals surface area contributed by atoms with Crippen molar-refractivity contribution in [1.29, 1.82) is 0 Å². The molecule has 0 aliphatic carbocycles. The van der Waals surface area contributed by atoms with Crippen LogP contribution in [0.1, 0.15) is 124 Å². The Morgan fingerprint density at radius 2 is 1.09 bits per heavy atom. The lowest BCUT2D eigenvalue weighted by Gasteiger charge is -2.19. The topological polar surface area (TPSA) is 26.0 Å². The molecule has 0 aliphatic heterocycles. The molecule has 0 bridgehead atoms. The van der Waals surface area contributed by atoms with E-state index >= 15 is 0 Å². The predicted octanol–water partition coefficient (Wildman–Crippen LogP) is 7.23. The Morgan fingerprint density at radius 1 is 0.591 bits per heavy atom. The van der Waals surface area contributed by atoms with Crippen LogP contribution < -0.4 is 5.73 Å². The van der Waals surface area contributed by atoms with Crippen molar-refractivity contribution in [3.05, 3.63) is 0 Å². The van der Waals surface area contributed by atoms with Crippen molar-refractivity contribution < 1.29 is 0 Å². The second-order valence-electron chi connectivity index (χ2n) is 7.38. The quantitative estimate of drug-likeness (QED) is 0.282. The van der Waals surface area contributed by atoms with Crippen LogP contribution in [0, 0.1) is 5.92 Å². The van der Waals surface area contributed by atoms with Crippen molar-refractivity contribution in [2.45, 2.75) is 130 Å². The summed E-state index contributed by atoms with van der Waals surface area (Å²) >= 11 is 0. The molecule has 0 rings (SSSR count). The minimum Gasteiger partial charge on any atom is -0.328 e. The van der Waals surface area contributed by atoms with Gasteiger partial charge in [-0.15, -0.1) is 0 Å². The molecule has 0 radical (unpaired) electrons. The lowest BCUT2D eigenvalue weighted by Crippen LogP contribution is -2.23.